The van der Waals surface area contributed by atoms with Crippen LogP contribution in [0.25, 0.3) is 0 Å². The molecule has 0 aliphatic rings. The summed E-state index contributed by atoms with van der Waals surface area (Å²) in [6.07, 6.45) is 0.594. The summed E-state index contributed by atoms with van der Waals surface area (Å²) in [5.74, 6) is 6.47. The van der Waals surface area contributed by atoms with Crippen LogP contribution in [-0.2, 0) is 6.61 Å². The zero-order chi connectivity index (χ0) is 14.2. The maximum atomic E-state index is 13.3. The Labute approximate surface area is 123 Å². The second-order valence-corrected chi connectivity index (χ2v) is 4.53. The lowest BCUT2D eigenvalue weighted by Gasteiger charge is -2.08. The van der Waals surface area contributed by atoms with E-state index in [0.717, 1.165) is 5.56 Å². The summed E-state index contributed by atoms with van der Waals surface area (Å²) in [7, 11) is 0. The van der Waals surface area contributed by atoms with Crippen molar-refractivity contribution in [2.45, 2.75) is 13.0 Å². The lowest BCUT2D eigenvalue weighted by Crippen LogP contribution is -1.97. The van der Waals surface area contributed by atoms with Gasteiger partial charge in [0, 0.05) is 18.4 Å². The number of rotatable bonds is 4. The van der Waals surface area contributed by atoms with Crippen molar-refractivity contribution in [3.8, 4) is 17.6 Å². The highest BCUT2D eigenvalue weighted by Gasteiger charge is 2.04. The van der Waals surface area contributed by atoms with Crippen molar-refractivity contribution in [3.05, 3.63) is 65.5 Å². The van der Waals surface area contributed by atoms with Crippen LogP contribution in [0.5, 0.6) is 5.75 Å². The lowest BCUT2D eigenvalue weighted by atomic mass is 10.2. The van der Waals surface area contributed by atoms with Gasteiger partial charge in [-0.3, -0.25) is 0 Å². The predicted octanol–water partition coefficient (Wildman–Crippen LogP) is 4.39. The molecule has 0 aromatic heterocycles. The van der Waals surface area contributed by atoms with Crippen molar-refractivity contribution in [2.75, 3.05) is 5.88 Å². The van der Waals surface area contributed by atoms with Crippen LogP contribution in [-0.4, -0.2) is 5.88 Å². The van der Waals surface area contributed by atoms with Crippen molar-refractivity contribution in [1.29, 1.82) is 0 Å². The van der Waals surface area contributed by atoms with Gasteiger partial charge in [0.1, 0.15) is 18.2 Å². The predicted molar refractivity (Wildman–Crippen MR) is 79.4 cm³/mol. The molecule has 0 saturated heterocycles. The number of benzene rings is 2. The third-order valence-corrected chi connectivity index (χ3v) is 2.81. The van der Waals surface area contributed by atoms with Gasteiger partial charge >= 0.3 is 0 Å². The van der Waals surface area contributed by atoms with Crippen LogP contribution in [0.4, 0.5) is 4.39 Å². The van der Waals surface area contributed by atoms with Crippen LogP contribution in [0, 0.1) is 17.7 Å². The molecular formula is C17H14ClFO. The molecule has 20 heavy (non-hydrogen) atoms. The zero-order valence-electron chi connectivity index (χ0n) is 10.9. The first-order valence-electron chi connectivity index (χ1n) is 6.30. The highest BCUT2D eigenvalue weighted by atomic mass is 35.5. The third kappa shape index (κ3) is 4.29. The molecule has 0 radical (unpaired) electrons. The first kappa shape index (κ1) is 14.4. The van der Waals surface area contributed by atoms with Crippen LogP contribution >= 0.6 is 11.6 Å². The zero-order valence-corrected chi connectivity index (χ0v) is 11.7. The molecule has 0 N–H and O–H groups in total. The second-order valence-electron chi connectivity index (χ2n) is 4.16. The largest absolute Gasteiger partial charge is 0.487 e. The molecule has 2 aromatic rings. The van der Waals surface area contributed by atoms with Crippen molar-refractivity contribution in [2.24, 2.45) is 0 Å². The minimum absolute atomic E-state index is 0.337. The molecule has 3 heteroatoms. The number of hydrogen-bond acceptors (Lipinski definition) is 1. The van der Waals surface area contributed by atoms with Crippen LogP contribution in [0.1, 0.15) is 17.5 Å². The van der Waals surface area contributed by atoms with Gasteiger partial charge in [-0.2, -0.15) is 0 Å². The Morgan fingerprint density at radius 1 is 1.10 bits per heavy atom. The molecule has 0 fully saturated rings. The quantitative estimate of drug-likeness (QED) is 0.599. The highest BCUT2D eigenvalue weighted by Crippen LogP contribution is 2.20. The minimum Gasteiger partial charge on any atom is -0.487 e. The second kappa shape index (κ2) is 7.57. The van der Waals surface area contributed by atoms with Crippen LogP contribution in [0.3, 0.4) is 0 Å². The SMILES string of the molecule is Fc1ccc(C#CCCCl)c(OCc2ccccc2)c1. The average molecular weight is 289 g/mol. The highest BCUT2D eigenvalue weighted by molar-refractivity contribution is 6.18. The summed E-state index contributed by atoms with van der Waals surface area (Å²) in [5.41, 5.74) is 1.70. The van der Waals surface area contributed by atoms with Gasteiger partial charge in [-0.1, -0.05) is 42.2 Å². The van der Waals surface area contributed by atoms with Gasteiger partial charge in [-0.15, -0.1) is 11.6 Å². The van der Waals surface area contributed by atoms with E-state index in [4.69, 9.17) is 16.3 Å². The van der Waals surface area contributed by atoms with Gasteiger partial charge in [0.05, 0.1) is 5.56 Å². The maximum Gasteiger partial charge on any atom is 0.138 e. The summed E-state index contributed by atoms with van der Waals surface area (Å²) in [6, 6.07) is 14.1. The molecule has 0 atom stereocenters. The Hall–Kier alpha value is -1.98. The van der Waals surface area contributed by atoms with Gasteiger partial charge in [0.15, 0.2) is 0 Å². The molecule has 0 bridgehead atoms. The Kier molecular flexibility index (Phi) is 5.46. The van der Waals surface area contributed by atoms with Gasteiger partial charge < -0.3 is 4.74 Å². The van der Waals surface area contributed by atoms with Crippen LogP contribution < -0.4 is 4.74 Å². The summed E-state index contributed by atoms with van der Waals surface area (Å²) in [5, 5.41) is 0. The van der Waals surface area contributed by atoms with Gasteiger partial charge in [-0.05, 0) is 17.7 Å². The Morgan fingerprint density at radius 2 is 1.90 bits per heavy atom. The fourth-order valence-electron chi connectivity index (χ4n) is 1.66. The number of ether oxygens (including phenoxy) is 1. The van der Waals surface area contributed by atoms with Gasteiger partial charge in [0.2, 0.25) is 0 Å². The third-order valence-electron chi connectivity index (χ3n) is 2.62. The number of hydrogen-bond donors (Lipinski definition) is 0. The van der Waals surface area contributed by atoms with E-state index < -0.39 is 0 Å². The van der Waals surface area contributed by atoms with Crippen molar-refractivity contribution in [1.82, 2.24) is 0 Å². The number of halogens is 2. The molecule has 2 rings (SSSR count). The van der Waals surface area contributed by atoms with E-state index in [2.05, 4.69) is 11.8 Å². The van der Waals surface area contributed by atoms with Crippen molar-refractivity contribution in [3.63, 3.8) is 0 Å². The summed E-state index contributed by atoms with van der Waals surface area (Å²) < 4.78 is 19.0. The molecule has 0 unspecified atom stereocenters. The van der Waals surface area contributed by atoms with Crippen LogP contribution in [0.15, 0.2) is 48.5 Å². The summed E-state index contributed by atoms with van der Waals surface area (Å²) in [4.78, 5) is 0. The molecule has 1 nitrogen and oxygen atoms in total. The Balaban J connectivity index is 2.13. The van der Waals surface area contributed by atoms with Gasteiger partial charge in [-0.25, -0.2) is 4.39 Å². The van der Waals surface area contributed by atoms with Crippen molar-refractivity contribution < 1.29 is 9.13 Å². The molecule has 0 heterocycles. The summed E-state index contributed by atoms with van der Waals surface area (Å²) >= 11 is 5.58. The first-order chi connectivity index (χ1) is 9.79. The minimum atomic E-state index is -0.337. The standard InChI is InChI=1S/C17H14ClFO/c18-11-5-4-8-15-9-10-16(19)12-17(15)20-13-14-6-2-1-3-7-14/h1-3,6-7,9-10,12H,5,11,13H2. The smallest absolute Gasteiger partial charge is 0.138 e. The monoisotopic (exact) mass is 288 g/mol. The molecule has 0 aliphatic carbocycles. The van der Waals surface area contributed by atoms with E-state index in [-0.39, 0.29) is 5.82 Å². The molecule has 102 valence electrons. The van der Waals surface area contributed by atoms with Crippen molar-refractivity contribution >= 4 is 11.6 Å². The molecular weight excluding hydrogens is 275 g/mol. The topological polar surface area (TPSA) is 9.23 Å². The fraction of sp³-hybridized carbons (Fsp3) is 0.176. The lowest BCUT2D eigenvalue weighted by molar-refractivity contribution is 0.304. The van der Waals surface area contributed by atoms with E-state index in [1.54, 1.807) is 6.07 Å². The first-order valence-corrected chi connectivity index (χ1v) is 6.84. The Morgan fingerprint density at radius 3 is 2.65 bits per heavy atom. The Bertz CT molecular complexity index is 614. The average Bonchev–Trinajstić information content (AvgIpc) is 2.48. The maximum absolute atomic E-state index is 13.3. The van der Waals surface area contributed by atoms with Crippen LogP contribution in [0.2, 0.25) is 0 Å². The number of alkyl halides is 1. The van der Waals surface area contributed by atoms with E-state index in [1.807, 2.05) is 30.3 Å². The van der Waals surface area contributed by atoms with E-state index >= 15 is 0 Å². The fourth-order valence-corrected chi connectivity index (χ4v) is 1.75. The molecule has 0 amide bonds. The van der Waals surface area contributed by atoms with E-state index in [0.29, 0.717) is 30.2 Å². The normalized spacial score (nSPS) is 9.70. The molecule has 0 spiro atoms. The molecule has 0 saturated carbocycles. The summed E-state index contributed by atoms with van der Waals surface area (Å²) in [6.45, 7) is 0.383. The molecule has 2 aromatic carbocycles. The van der Waals surface area contributed by atoms with E-state index in [1.165, 1.54) is 12.1 Å². The van der Waals surface area contributed by atoms with E-state index in [9.17, 15) is 4.39 Å². The van der Waals surface area contributed by atoms with Gasteiger partial charge in [0.25, 0.3) is 0 Å². The molecule has 0 aliphatic heterocycles.